The topological polar surface area (TPSA) is 32.3 Å². The maximum absolute atomic E-state index is 9.09. The van der Waals surface area contributed by atoms with Crippen LogP contribution in [-0.2, 0) is 0 Å². The molecule has 1 fully saturated rings. The van der Waals surface area contributed by atoms with Gasteiger partial charge in [0, 0.05) is 12.1 Å². The van der Waals surface area contributed by atoms with Crippen LogP contribution in [0.25, 0.3) is 0 Å². The van der Waals surface area contributed by atoms with Crippen LogP contribution in [0.4, 0.5) is 0 Å². The van der Waals surface area contributed by atoms with Gasteiger partial charge >= 0.3 is 0 Å². The zero-order valence-electron chi connectivity index (χ0n) is 10.7. The lowest BCUT2D eigenvalue weighted by molar-refractivity contribution is 0.144. The molecule has 0 aliphatic heterocycles. The maximum atomic E-state index is 9.09. The minimum Gasteiger partial charge on any atom is -0.395 e. The number of nitrogens with one attached hydrogen (secondary N) is 1. The van der Waals surface area contributed by atoms with Gasteiger partial charge in [-0.3, -0.25) is 0 Å². The van der Waals surface area contributed by atoms with Crippen LogP contribution in [0.15, 0.2) is 0 Å². The van der Waals surface area contributed by atoms with E-state index < -0.39 is 0 Å². The van der Waals surface area contributed by atoms with E-state index in [0.29, 0.717) is 6.04 Å². The Hall–Kier alpha value is -0.0800. The molecule has 2 nitrogen and oxygen atoms in total. The first-order valence-electron chi connectivity index (χ1n) is 6.41. The molecule has 0 saturated heterocycles. The smallest absolute Gasteiger partial charge is 0.0582 e. The Bertz CT molecular complexity index is 181. The van der Waals surface area contributed by atoms with Gasteiger partial charge in [-0.1, -0.05) is 27.2 Å². The van der Waals surface area contributed by atoms with E-state index in [1.807, 2.05) is 0 Å². The Labute approximate surface area is 94.5 Å². The largest absolute Gasteiger partial charge is 0.395 e. The van der Waals surface area contributed by atoms with Crippen LogP contribution in [0.5, 0.6) is 0 Å². The highest BCUT2D eigenvalue weighted by Crippen LogP contribution is 2.33. The molecule has 1 rings (SSSR count). The van der Waals surface area contributed by atoms with E-state index in [1.165, 1.54) is 19.3 Å². The third kappa shape index (κ3) is 3.76. The summed E-state index contributed by atoms with van der Waals surface area (Å²) in [4.78, 5) is 0. The number of hydrogen-bond acceptors (Lipinski definition) is 2. The van der Waals surface area contributed by atoms with E-state index in [9.17, 15) is 0 Å². The van der Waals surface area contributed by atoms with Crippen molar-refractivity contribution in [1.29, 1.82) is 0 Å². The first-order chi connectivity index (χ1) is 7.04. The normalized spacial score (nSPS) is 34.4. The summed E-state index contributed by atoms with van der Waals surface area (Å²) in [5.74, 6) is 2.37. The van der Waals surface area contributed by atoms with Crippen molar-refractivity contribution in [2.75, 3.05) is 6.61 Å². The van der Waals surface area contributed by atoms with E-state index in [0.717, 1.165) is 17.8 Å². The van der Waals surface area contributed by atoms with Gasteiger partial charge in [0.1, 0.15) is 0 Å². The molecule has 90 valence electrons. The van der Waals surface area contributed by atoms with Gasteiger partial charge < -0.3 is 10.4 Å². The summed E-state index contributed by atoms with van der Waals surface area (Å²) in [5.41, 5.74) is 0. The van der Waals surface area contributed by atoms with E-state index in [2.05, 4.69) is 33.0 Å². The van der Waals surface area contributed by atoms with Crippen LogP contribution in [0, 0.1) is 17.8 Å². The molecule has 4 atom stereocenters. The Kier molecular flexibility index (Phi) is 5.07. The fourth-order valence-corrected chi connectivity index (χ4v) is 2.81. The van der Waals surface area contributed by atoms with Gasteiger partial charge in [0.2, 0.25) is 0 Å². The molecule has 15 heavy (non-hydrogen) atoms. The van der Waals surface area contributed by atoms with Gasteiger partial charge in [-0.2, -0.15) is 0 Å². The molecule has 0 amide bonds. The van der Waals surface area contributed by atoms with Gasteiger partial charge in [0.15, 0.2) is 0 Å². The van der Waals surface area contributed by atoms with E-state index in [1.54, 1.807) is 0 Å². The van der Waals surface area contributed by atoms with Gasteiger partial charge in [-0.25, -0.2) is 0 Å². The monoisotopic (exact) mass is 213 g/mol. The number of aliphatic hydroxyl groups is 1. The molecule has 0 aromatic heterocycles. The molecule has 0 aromatic carbocycles. The molecular formula is C13H27NO. The lowest BCUT2D eigenvalue weighted by atomic mass is 9.74. The summed E-state index contributed by atoms with van der Waals surface area (Å²) in [6.45, 7) is 9.29. The average Bonchev–Trinajstić information content (AvgIpc) is 2.17. The highest BCUT2D eigenvalue weighted by Gasteiger charge is 2.30. The highest BCUT2D eigenvalue weighted by molar-refractivity contribution is 4.86. The number of aliphatic hydroxyl groups excluding tert-OH is 1. The highest BCUT2D eigenvalue weighted by atomic mass is 16.3. The Morgan fingerprint density at radius 2 is 1.93 bits per heavy atom. The van der Waals surface area contributed by atoms with E-state index in [-0.39, 0.29) is 12.6 Å². The summed E-state index contributed by atoms with van der Waals surface area (Å²) in [5, 5.41) is 12.7. The predicted molar refractivity (Wildman–Crippen MR) is 64.8 cm³/mol. The molecule has 1 aliphatic carbocycles. The summed E-state index contributed by atoms with van der Waals surface area (Å²) in [6.07, 6.45) is 3.98. The summed E-state index contributed by atoms with van der Waals surface area (Å²) in [6, 6.07) is 0.845. The number of hydrogen-bond donors (Lipinski definition) is 2. The summed E-state index contributed by atoms with van der Waals surface area (Å²) >= 11 is 0. The molecule has 0 bridgehead atoms. The third-order valence-electron chi connectivity index (χ3n) is 3.79. The molecule has 0 radical (unpaired) electrons. The second-order valence-corrected chi connectivity index (χ2v) is 5.68. The van der Waals surface area contributed by atoms with Crippen molar-refractivity contribution in [3.63, 3.8) is 0 Å². The van der Waals surface area contributed by atoms with E-state index >= 15 is 0 Å². The van der Waals surface area contributed by atoms with Crippen molar-refractivity contribution in [3.8, 4) is 0 Å². The number of rotatable bonds is 4. The Balaban J connectivity index is 2.54. The summed E-state index contributed by atoms with van der Waals surface area (Å²) in [7, 11) is 0. The minimum absolute atomic E-state index is 0.238. The molecule has 1 saturated carbocycles. The van der Waals surface area contributed by atoms with Gasteiger partial charge in [0.25, 0.3) is 0 Å². The fraction of sp³-hybridized carbons (Fsp3) is 1.00. The molecule has 0 spiro atoms. The third-order valence-corrected chi connectivity index (χ3v) is 3.79. The van der Waals surface area contributed by atoms with Gasteiger partial charge in [-0.15, -0.1) is 0 Å². The zero-order valence-corrected chi connectivity index (χ0v) is 10.7. The minimum atomic E-state index is 0.238. The average molecular weight is 213 g/mol. The van der Waals surface area contributed by atoms with E-state index in [4.69, 9.17) is 5.11 Å². The lowest BCUT2D eigenvalue weighted by Gasteiger charge is -2.39. The van der Waals surface area contributed by atoms with Crippen LogP contribution in [0.1, 0.15) is 47.0 Å². The first-order valence-corrected chi connectivity index (χ1v) is 6.41. The second-order valence-electron chi connectivity index (χ2n) is 5.68. The van der Waals surface area contributed by atoms with Crippen molar-refractivity contribution >= 4 is 0 Å². The molecule has 0 unspecified atom stereocenters. The first kappa shape index (κ1) is 13.0. The second kappa shape index (κ2) is 5.86. The Morgan fingerprint density at radius 1 is 1.27 bits per heavy atom. The van der Waals surface area contributed by atoms with Crippen LogP contribution in [0.2, 0.25) is 0 Å². The van der Waals surface area contributed by atoms with Gasteiger partial charge in [-0.05, 0) is 37.5 Å². The molecule has 1 aliphatic rings. The van der Waals surface area contributed by atoms with Crippen molar-refractivity contribution in [2.24, 2.45) is 17.8 Å². The summed E-state index contributed by atoms with van der Waals surface area (Å²) < 4.78 is 0. The molecule has 0 aromatic rings. The van der Waals surface area contributed by atoms with Crippen molar-refractivity contribution < 1.29 is 5.11 Å². The quantitative estimate of drug-likeness (QED) is 0.751. The fourth-order valence-electron chi connectivity index (χ4n) is 2.81. The standard InChI is InChI=1S/C13H27NO/c1-9(2)12-6-5-10(3)7-13(12)14-11(4)8-15/h9-15H,5-8H2,1-4H3/t10-,11+,12-,13-/m1/s1. The van der Waals surface area contributed by atoms with Crippen molar-refractivity contribution in [1.82, 2.24) is 5.32 Å². The van der Waals surface area contributed by atoms with Gasteiger partial charge in [0.05, 0.1) is 6.61 Å². The van der Waals surface area contributed by atoms with Crippen LogP contribution in [-0.4, -0.2) is 23.8 Å². The van der Waals surface area contributed by atoms with Crippen LogP contribution >= 0.6 is 0 Å². The maximum Gasteiger partial charge on any atom is 0.0582 e. The van der Waals surface area contributed by atoms with Crippen LogP contribution in [0.3, 0.4) is 0 Å². The van der Waals surface area contributed by atoms with Crippen LogP contribution < -0.4 is 5.32 Å². The SMILES string of the molecule is CC(C)[C@H]1CC[C@@H](C)C[C@H]1N[C@@H](C)CO. The molecular weight excluding hydrogens is 186 g/mol. The molecule has 2 heteroatoms. The van der Waals surface area contributed by atoms with Crippen molar-refractivity contribution in [2.45, 2.75) is 59.0 Å². The Morgan fingerprint density at radius 3 is 2.47 bits per heavy atom. The lowest BCUT2D eigenvalue weighted by Crippen LogP contribution is -2.47. The van der Waals surface area contributed by atoms with Crippen molar-refractivity contribution in [3.05, 3.63) is 0 Å². The molecule has 2 N–H and O–H groups in total. The predicted octanol–water partition coefficient (Wildman–Crippen LogP) is 2.42. The zero-order chi connectivity index (χ0) is 11.4. The molecule has 0 heterocycles.